The van der Waals surface area contributed by atoms with Crippen molar-refractivity contribution in [3.05, 3.63) is 53.6 Å². The van der Waals surface area contributed by atoms with Crippen LogP contribution in [0.5, 0.6) is 23.0 Å². The summed E-state index contributed by atoms with van der Waals surface area (Å²) in [4.78, 5) is 14.6. The van der Waals surface area contributed by atoms with E-state index in [1.807, 2.05) is 0 Å². The molecule has 0 saturated heterocycles. The maximum atomic E-state index is 10.4. The number of phenolic OH excluding ortho intramolecular Hbond substituents is 1. The van der Waals surface area contributed by atoms with Crippen LogP contribution in [-0.2, 0) is 0 Å². The topological polar surface area (TPSA) is 81.0 Å². The predicted octanol–water partition coefficient (Wildman–Crippen LogP) is 4.14. The normalized spacial score (nSPS) is 10.4. The lowest BCUT2D eigenvalue weighted by molar-refractivity contribution is 0.374. The smallest absolute Gasteiger partial charge is 0.161 e. The molecule has 0 unspecified atom stereocenters. The van der Waals surface area contributed by atoms with E-state index in [0.29, 0.717) is 33.8 Å². The van der Waals surface area contributed by atoms with Gasteiger partial charge in [-0.1, -0.05) is 0 Å². The van der Waals surface area contributed by atoms with Gasteiger partial charge in [0.15, 0.2) is 11.5 Å². The Balaban J connectivity index is 2.03. The van der Waals surface area contributed by atoms with Crippen LogP contribution in [-0.4, -0.2) is 17.2 Å². The first kappa shape index (κ1) is 13.8. The van der Waals surface area contributed by atoms with Gasteiger partial charge in [0.2, 0.25) is 0 Å². The molecule has 0 saturated carbocycles. The number of pyridine rings is 1. The summed E-state index contributed by atoms with van der Waals surface area (Å²) in [5.74, 6) is 1.48. The van der Waals surface area contributed by atoms with Gasteiger partial charge in [-0.15, -0.1) is 4.91 Å². The lowest BCUT2D eigenvalue weighted by Gasteiger charge is -2.10. The van der Waals surface area contributed by atoms with Gasteiger partial charge in [0.1, 0.15) is 17.2 Å². The first-order chi connectivity index (χ1) is 10.7. The van der Waals surface area contributed by atoms with Gasteiger partial charge in [-0.3, -0.25) is 4.98 Å². The molecule has 22 heavy (non-hydrogen) atoms. The minimum absolute atomic E-state index is 0.0149. The quantitative estimate of drug-likeness (QED) is 0.732. The van der Waals surface area contributed by atoms with E-state index in [-0.39, 0.29) is 5.75 Å². The lowest BCUT2D eigenvalue weighted by atomic mass is 10.2. The molecule has 6 nitrogen and oxygen atoms in total. The van der Waals surface area contributed by atoms with Gasteiger partial charge in [0, 0.05) is 17.6 Å². The van der Waals surface area contributed by atoms with Crippen molar-refractivity contribution in [3.8, 4) is 23.0 Å². The molecule has 110 valence electrons. The highest BCUT2D eigenvalue weighted by atomic mass is 16.5. The van der Waals surface area contributed by atoms with E-state index in [4.69, 9.17) is 9.47 Å². The Morgan fingerprint density at radius 3 is 2.55 bits per heavy atom. The van der Waals surface area contributed by atoms with Crippen LogP contribution in [0.25, 0.3) is 10.9 Å². The van der Waals surface area contributed by atoms with Crippen LogP contribution < -0.4 is 9.47 Å². The number of aromatic nitrogens is 1. The van der Waals surface area contributed by atoms with Gasteiger partial charge in [0.25, 0.3) is 0 Å². The highest BCUT2D eigenvalue weighted by molar-refractivity contribution is 5.88. The van der Waals surface area contributed by atoms with E-state index in [1.165, 1.54) is 13.2 Å². The Kier molecular flexibility index (Phi) is 3.57. The zero-order chi connectivity index (χ0) is 15.5. The van der Waals surface area contributed by atoms with Gasteiger partial charge in [-0.05, 0) is 41.6 Å². The van der Waals surface area contributed by atoms with E-state index in [9.17, 15) is 10.0 Å². The average Bonchev–Trinajstić information content (AvgIpc) is 2.55. The molecule has 0 radical (unpaired) electrons. The minimum atomic E-state index is 0.0149. The Morgan fingerprint density at radius 1 is 1.09 bits per heavy atom. The molecule has 0 atom stereocenters. The fourth-order valence-electron chi connectivity index (χ4n) is 2.09. The SMILES string of the molecule is COc1cc2c(Oc3ccc(N=O)cc3)ccnc2cc1O. The third-order valence-electron chi connectivity index (χ3n) is 3.17. The van der Waals surface area contributed by atoms with Crippen molar-refractivity contribution >= 4 is 16.6 Å². The summed E-state index contributed by atoms with van der Waals surface area (Å²) in [6, 6.07) is 11.3. The molecule has 1 aromatic heterocycles. The van der Waals surface area contributed by atoms with Gasteiger partial charge in [0.05, 0.1) is 12.6 Å². The minimum Gasteiger partial charge on any atom is -0.504 e. The fraction of sp³-hybridized carbons (Fsp3) is 0.0625. The second-order valence-corrected chi connectivity index (χ2v) is 4.54. The largest absolute Gasteiger partial charge is 0.504 e. The summed E-state index contributed by atoms with van der Waals surface area (Å²) in [7, 11) is 1.48. The molecule has 0 fully saturated rings. The molecule has 0 aliphatic heterocycles. The van der Waals surface area contributed by atoms with Crippen LogP contribution >= 0.6 is 0 Å². The molecular formula is C16H12N2O4. The zero-order valence-electron chi connectivity index (χ0n) is 11.7. The lowest BCUT2D eigenvalue weighted by Crippen LogP contribution is -1.90. The number of nitrogens with zero attached hydrogens (tertiary/aromatic N) is 2. The number of nitroso groups, excluding NO2 is 1. The molecule has 3 rings (SSSR count). The Hall–Kier alpha value is -3.15. The number of benzene rings is 2. The second kappa shape index (κ2) is 5.69. The average molecular weight is 296 g/mol. The van der Waals surface area contributed by atoms with E-state index in [0.717, 1.165) is 0 Å². The highest BCUT2D eigenvalue weighted by Gasteiger charge is 2.10. The number of hydrogen-bond acceptors (Lipinski definition) is 6. The number of hydrogen-bond donors (Lipinski definition) is 1. The molecule has 0 amide bonds. The standard InChI is InChI=1S/C16H12N2O4/c1-21-16-8-12-13(9-14(16)19)17-7-6-15(12)22-11-4-2-10(18-20)3-5-11/h2-9,19H,1H3. The molecule has 2 aromatic carbocycles. The molecule has 0 bridgehead atoms. The maximum absolute atomic E-state index is 10.4. The Morgan fingerprint density at radius 2 is 1.86 bits per heavy atom. The summed E-state index contributed by atoms with van der Waals surface area (Å²) in [5, 5.41) is 13.3. The first-order valence-electron chi connectivity index (χ1n) is 6.48. The summed E-state index contributed by atoms with van der Waals surface area (Å²) in [6.07, 6.45) is 1.59. The van der Waals surface area contributed by atoms with Crippen molar-refractivity contribution in [2.45, 2.75) is 0 Å². The Bertz CT molecular complexity index is 831. The molecule has 0 aliphatic carbocycles. The first-order valence-corrected chi connectivity index (χ1v) is 6.48. The van der Waals surface area contributed by atoms with Crippen molar-refractivity contribution in [1.29, 1.82) is 0 Å². The molecule has 6 heteroatoms. The number of methoxy groups -OCH3 is 1. The van der Waals surface area contributed by atoms with Crippen molar-refractivity contribution < 1.29 is 14.6 Å². The number of rotatable bonds is 4. The van der Waals surface area contributed by atoms with E-state index in [1.54, 1.807) is 42.6 Å². The number of phenols is 1. The van der Waals surface area contributed by atoms with Crippen molar-refractivity contribution in [3.63, 3.8) is 0 Å². The number of ether oxygens (including phenoxy) is 2. The number of fused-ring (bicyclic) bond motifs is 1. The van der Waals surface area contributed by atoms with Gasteiger partial charge < -0.3 is 14.6 Å². The van der Waals surface area contributed by atoms with Gasteiger partial charge >= 0.3 is 0 Å². The zero-order valence-corrected chi connectivity index (χ0v) is 11.7. The van der Waals surface area contributed by atoms with Crippen molar-refractivity contribution in [2.24, 2.45) is 5.18 Å². The van der Waals surface area contributed by atoms with Crippen LogP contribution in [0, 0.1) is 4.91 Å². The summed E-state index contributed by atoms with van der Waals surface area (Å²) < 4.78 is 10.9. The van der Waals surface area contributed by atoms with Crippen LogP contribution in [0.4, 0.5) is 5.69 Å². The van der Waals surface area contributed by atoms with Crippen LogP contribution in [0.1, 0.15) is 0 Å². The third kappa shape index (κ3) is 2.54. The monoisotopic (exact) mass is 296 g/mol. The molecule has 1 heterocycles. The molecule has 1 N–H and O–H groups in total. The summed E-state index contributed by atoms with van der Waals surface area (Å²) in [5.41, 5.74) is 0.917. The summed E-state index contributed by atoms with van der Waals surface area (Å²) in [6.45, 7) is 0. The van der Waals surface area contributed by atoms with Gasteiger partial charge in [-0.2, -0.15) is 0 Å². The van der Waals surface area contributed by atoms with Crippen LogP contribution in [0.15, 0.2) is 53.8 Å². The van der Waals surface area contributed by atoms with Crippen molar-refractivity contribution in [2.75, 3.05) is 7.11 Å². The van der Waals surface area contributed by atoms with Gasteiger partial charge in [-0.25, -0.2) is 0 Å². The van der Waals surface area contributed by atoms with E-state index in [2.05, 4.69) is 10.2 Å². The third-order valence-corrected chi connectivity index (χ3v) is 3.17. The number of aromatic hydroxyl groups is 1. The van der Waals surface area contributed by atoms with Crippen LogP contribution in [0.3, 0.4) is 0 Å². The molecule has 0 spiro atoms. The molecular weight excluding hydrogens is 284 g/mol. The van der Waals surface area contributed by atoms with E-state index < -0.39 is 0 Å². The molecule has 3 aromatic rings. The second-order valence-electron chi connectivity index (χ2n) is 4.54. The maximum Gasteiger partial charge on any atom is 0.161 e. The van der Waals surface area contributed by atoms with E-state index >= 15 is 0 Å². The highest BCUT2D eigenvalue weighted by Crippen LogP contribution is 2.36. The molecule has 0 aliphatic rings. The summed E-state index contributed by atoms with van der Waals surface area (Å²) >= 11 is 0. The van der Waals surface area contributed by atoms with Crippen molar-refractivity contribution in [1.82, 2.24) is 4.98 Å². The fourth-order valence-corrected chi connectivity index (χ4v) is 2.09. The van der Waals surface area contributed by atoms with Crippen LogP contribution in [0.2, 0.25) is 0 Å². The predicted molar refractivity (Wildman–Crippen MR) is 81.9 cm³/mol. The Labute approximate surface area is 125 Å².